The van der Waals surface area contributed by atoms with Gasteiger partial charge < -0.3 is 4.74 Å². The molecule has 0 aromatic rings. The third-order valence-electron chi connectivity index (χ3n) is 3.94. The van der Waals surface area contributed by atoms with Crippen LogP contribution in [0, 0.1) is 29.6 Å². The molecule has 0 heterocycles. The minimum absolute atomic E-state index is 0.228. The lowest BCUT2D eigenvalue weighted by Gasteiger charge is -2.12. The second-order valence-electron chi connectivity index (χ2n) is 4.48. The molecule has 70 valence electrons. The Morgan fingerprint density at radius 2 is 2.38 bits per heavy atom. The van der Waals surface area contributed by atoms with Gasteiger partial charge in [0.2, 0.25) is 0 Å². The predicted octanol–water partition coefficient (Wildman–Crippen LogP) is 0.631. The van der Waals surface area contributed by atoms with E-state index >= 15 is 0 Å². The van der Waals surface area contributed by atoms with Crippen molar-refractivity contribution >= 4 is 11.8 Å². The van der Waals surface area contributed by atoms with Gasteiger partial charge in [-0.25, -0.2) is 0 Å². The number of rotatable bonds is 2. The molecule has 4 bridgehead atoms. The zero-order valence-electron chi connectivity index (χ0n) is 7.53. The van der Waals surface area contributed by atoms with Crippen molar-refractivity contribution in [2.75, 3.05) is 6.61 Å². The molecule has 0 saturated heterocycles. The molecule has 3 nitrogen and oxygen atoms in total. The molecule has 5 atom stereocenters. The van der Waals surface area contributed by atoms with Crippen molar-refractivity contribution in [1.29, 1.82) is 0 Å². The standard InChI is InChI=1S/C10H12O3/c1-4(11)13-3-7-5-2-6-8(7)9(6)10(5)12/h5-9H,2-3H2,1H3/t5-,6-,7+,8-,9+/m0/s1. The van der Waals surface area contributed by atoms with Gasteiger partial charge in [-0.1, -0.05) is 0 Å². The molecule has 13 heavy (non-hydrogen) atoms. The summed E-state index contributed by atoms with van der Waals surface area (Å²) in [6, 6.07) is 0. The summed E-state index contributed by atoms with van der Waals surface area (Å²) in [6.07, 6.45) is 1.07. The quantitative estimate of drug-likeness (QED) is 0.585. The predicted molar refractivity (Wildman–Crippen MR) is 43.7 cm³/mol. The molecule has 0 N–H and O–H groups in total. The van der Waals surface area contributed by atoms with Crippen LogP contribution in [-0.2, 0) is 14.3 Å². The van der Waals surface area contributed by atoms with Gasteiger partial charge >= 0.3 is 5.97 Å². The van der Waals surface area contributed by atoms with Crippen molar-refractivity contribution in [3.63, 3.8) is 0 Å². The van der Waals surface area contributed by atoms with Crippen LogP contribution < -0.4 is 0 Å². The highest BCUT2D eigenvalue weighted by Gasteiger charge is 2.73. The lowest BCUT2D eigenvalue weighted by molar-refractivity contribution is -0.143. The summed E-state index contributed by atoms with van der Waals surface area (Å²) < 4.78 is 4.98. The van der Waals surface area contributed by atoms with Crippen molar-refractivity contribution < 1.29 is 14.3 Å². The topological polar surface area (TPSA) is 43.4 Å². The van der Waals surface area contributed by atoms with Gasteiger partial charge in [-0.15, -0.1) is 0 Å². The maximum Gasteiger partial charge on any atom is 0.302 e. The molecular formula is C10H12O3. The fourth-order valence-electron chi connectivity index (χ4n) is 3.44. The molecule has 0 aromatic carbocycles. The van der Waals surface area contributed by atoms with Crippen molar-refractivity contribution in [2.24, 2.45) is 29.6 Å². The minimum Gasteiger partial charge on any atom is -0.466 e. The van der Waals surface area contributed by atoms with E-state index in [9.17, 15) is 9.59 Å². The summed E-state index contributed by atoms with van der Waals surface area (Å²) in [5.41, 5.74) is 0. The van der Waals surface area contributed by atoms with Crippen LogP contribution in [0.25, 0.3) is 0 Å². The second kappa shape index (κ2) is 2.14. The summed E-state index contributed by atoms with van der Waals surface area (Å²) in [7, 11) is 0. The summed E-state index contributed by atoms with van der Waals surface area (Å²) >= 11 is 0. The fourth-order valence-corrected chi connectivity index (χ4v) is 3.44. The number of carbonyl (C=O) groups is 2. The fraction of sp³-hybridized carbons (Fsp3) is 0.800. The lowest BCUT2D eigenvalue weighted by atomic mass is 9.99. The number of ketones is 1. The highest BCUT2D eigenvalue weighted by Crippen LogP contribution is 2.71. The molecule has 4 rings (SSSR count). The number of hydrogen-bond acceptors (Lipinski definition) is 3. The normalized spacial score (nSPS) is 49.6. The Morgan fingerprint density at radius 1 is 1.62 bits per heavy atom. The maximum absolute atomic E-state index is 11.5. The average molecular weight is 180 g/mol. The van der Waals surface area contributed by atoms with Crippen LogP contribution in [-0.4, -0.2) is 18.4 Å². The van der Waals surface area contributed by atoms with E-state index in [4.69, 9.17) is 4.74 Å². The maximum atomic E-state index is 11.5. The largest absolute Gasteiger partial charge is 0.466 e. The Hall–Kier alpha value is -0.860. The first-order chi connectivity index (χ1) is 6.20. The molecule has 0 aromatic heterocycles. The van der Waals surface area contributed by atoms with E-state index in [0.29, 0.717) is 36.1 Å². The lowest BCUT2D eigenvalue weighted by Crippen LogP contribution is -2.18. The van der Waals surface area contributed by atoms with Crippen LogP contribution in [0.1, 0.15) is 13.3 Å². The number of esters is 1. The molecule has 0 amide bonds. The third kappa shape index (κ3) is 0.798. The van der Waals surface area contributed by atoms with E-state index in [1.54, 1.807) is 0 Å². The number of carbonyl (C=O) groups excluding carboxylic acids is 2. The SMILES string of the molecule is CC(=O)OC[C@H]1[C@@H]2[C@@H]3C[C@@H]1C(=O)[C@H]32. The summed E-state index contributed by atoms with van der Waals surface area (Å²) in [4.78, 5) is 22.1. The smallest absolute Gasteiger partial charge is 0.302 e. The van der Waals surface area contributed by atoms with Gasteiger partial charge in [0.25, 0.3) is 0 Å². The molecule has 0 aliphatic heterocycles. The van der Waals surface area contributed by atoms with Gasteiger partial charge in [0.1, 0.15) is 5.78 Å². The Labute approximate surface area is 76.4 Å². The summed E-state index contributed by atoms with van der Waals surface area (Å²) in [6.45, 7) is 1.90. The van der Waals surface area contributed by atoms with Crippen molar-refractivity contribution in [3.05, 3.63) is 0 Å². The van der Waals surface area contributed by atoms with E-state index in [-0.39, 0.29) is 11.9 Å². The molecule has 0 unspecified atom stereocenters. The van der Waals surface area contributed by atoms with Crippen LogP contribution in [0.5, 0.6) is 0 Å². The molecule has 4 aliphatic carbocycles. The van der Waals surface area contributed by atoms with Crippen LogP contribution in [0.3, 0.4) is 0 Å². The highest BCUT2D eigenvalue weighted by molar-refractivity contribution is 5.93. The van der Waals surface area contributed by atoms with E-state index in [2.05, 4.69) is 0 Å². The third-order valence-corrected chi connectivity index (χ3v) is 3.94. The van der Waals surface area contributed by atoms with Gasteiger partial charge in [-0.2, -0.15) is 0 Å². The van der Waals surface area contributed by atoms with Gasteiger partial charge in [-0.05, 0) is 18.3 Å². The van der Waals surface area contributed by atoms with Crippen LogP contribution >= 0.6 is 0 Å². The summed E-state index contributed by atoms with van der Waals surface area (Å²) in [5.74, 6) is 2.44. The van der Waals surface area contributed by atoms with Crippen LogP contribution in [0.2, 0.25) is 0 Å². The van der Waals surface area contributed by atoms with Crippen LogP contribution in [0.4, 0.5) is 0 Å². The summed E-state index contributed by atoms with van der Waals surface area (Å²) in [5, 5.41) is 0. The molecular weight excluding hydrogens is 168 g/mol. The number of ether oxygens (including phenoxy) is 1. The highest BCUT2D eigenvalue weighted by atomic mass is 16.5. The number of Topliss-reactive ketones (excluding diaryl/α,β-unsaturated/α-hetero) is 1. The molecule has 3 heteroatoms. The van der Waals surface area contributed by atoms with Crippen molar-refractivity contribution in [1.82, 2.24) is 0 Å². The van der Waals surface area contributed by atoms with Crippen molar-refractivity contribution in [3.8, 4) is 0 Å². The molecule has 4 saturated carbocycles. The zero-order chi connectivity index (χ0) is 9.16. The van der Waals surface area contributed by atoms with E-state index in [0.717, 1.165) is 6.42 Å². The molecule has 4 fully saturated rings. The molecule has 4 aliphatic rings. The second-order valence-corrected chi connectivity index (χ2v) is 4.48. The first kappa shape index (κ1) is 7.54. The Kier molecular flexibility index (Phi) is 1.24. The number of hydrogen-bond donors (Lipinski definition) is 0. The average Bonchev–Trinajstić information content (AvgIpc) is 2.36. The Balaban J connectivity index is 1.69. The van der Waals surface area contributed by atoms with Gasteiger partial charge in [0, 0.05) is 24.7 Å². The van der Waals surface area contributed by atoms with Gasteiger partial charge in [-0.3, -0.25) is 9.59 Å². The Bertz CT molecular complexity index is 297. The molecule has 0 radical (unpaired) electrons. The first-order valence-corrected chi connectivity index (χ1v) is 4.87. The van der Waals surface area contributed by atoms with Crippen LogP contribution in [0.15, 0.2) is 0 Å². The zero-order valence-corrected chi connectivity index (χ0v) is 7.53. The van der Waals surface area contributed by atoms with Crippen molar-refractivity contribution in [2.45, 2.75) is 13.3 Å². The van der Waals surface area contributed by atoms with E-state index in [1.807, 2.05) is 0 Å². The molecule has 0 spiro atoms. The minimum atomic E-state index is -0.228. The van der Waals surface area contributed by atoms with E-state index in [1.165, 1.54) is 6.92 Å². The Morgan fingerprint density at radius 3 is 2.77 bits per heavy atom. The van der Waals surface area contributed by atoms with E-state index < -0.39 is 0 Å². The van der Waals surface area contributed by atoms with Gasteiger partial charge in [0.05, 0.1) is 6.61 Å². The monoisotopic (exact) mass is 180 g/mol. The van der Waals surface area contributed by atoms with Gasteiger partial charge in [0.15, 0.2) is 0 Å². The first-order valence-electron chi connectivity index (χ1n) is 4.87.